The van der Waals surface area contributed by atoms with Crippen molar-refractivity contribution in [2.24, 2.45) is 5.92 Å². The van der Waals surface area contributed by atoms with Gasteiger partial charge in [-0.2, -0.15) is 0 Å². The molecule has 39 heavy (non-hydrogen) atoms. The first-order valence-electron chi connectivity index (χ1n) is 11.7. The van der Waals surface area contributed by atoms with Gasteiger partial charge in [-0.15, -0.1) is 0 Å². The summed E-state index contributed by atoms with van der Waals surface area (Å²) in [4.78, 5) is 37.5. The molecule has 0 aliphatic carbocycles. The van der Waals surface area contributed by atoms with Crippen molar-refractivity contribution in [3.05, 3.63) is 58.6 Å². The summed E-state index contributed by atoms with van der Waals surface area (Å²) in [6.45, 7) is 3.38. The van der Waals surface area contributed by atoms with Gasteiger partial charge in [-0.05, 0) is 30.2 Å². The summed E-state index contributed by atoms with van der Waals surface area (Å²) >= 11 is 24.5. The summed E-state index contributed by atoms with van der Waals surface area (Å²) in [6.07, 6.45) is -1.24. The molecule has 3 amide bonds. The predicted molar refractivity (Wildman–Crippen MR) is 153 cm³/mol. The van der Waals surface area contributed by atoms with Gasteiger partial charge in [0.1, 0.15) is 12.2 Å². The second-order valence-electron chi connectivity index (χ2n) is 9.03. The van der Waals surface area contributed by atoms with E-state index in [1.54, 1.807) is 48.5 Å². The normalized spacial score (nSPS) is 11.9. The molecule has 1 unspecified atom stereocenters. The first-order valence-corrected chi connectivity index (χ1v) is 13.4. The molecule has 2 N–H and O–H groups in total. The number of aromatic nitrogens is 1. The van der Waals surface area contributed by atoms with Crippen LogP contribution in [0, 0.1) is 5.92 Å². The first kappa shape index (κ1) is 30.6. The highest BCUT2D eigenvalue weighted by atomic mass is 35.5. The van der Waals surface area contributed by atoms with Crippen molar-refractivity contribution in [3.63, 3.8) is 0 Å². The van der Waals surface area contributed by atoms with E-state index in [0.717, 1.165) is 4.90 Å². The van der Waals surface area contributed by atoms with Crippen LogP contribution in [0.4, 0.5) is 10.5 Å². The fourth-order valence-electron chi connectivity index (χ4n) is 3.69. The van der Waals surface area contributed by atoms with Gasteiger partial charge in [-0.25, -0.2) is 4.79 Å². The fraction of sp³-hybridized carbons (Fsp3) is 0.308. The number of alkyl halides is 2. The van der Waals surface area contributed by atoms with Crippen molar-refractivity contribution in [2.75, 3.05) is 25.0 Å². The topological polar surface area (TPSA) is 116 Å². The summed E-state index contributed by atoms with van der Waals surface area (Å²) in [5, 5.41) is 16.8. The third-order valence-corrected chi connectivity index (χ3v) is 6.87. The number of carboxylic acid groups (broad SMARTS) is 1. The molecule has 0 radical (unpaired) electrons. The van der Waals surface area contributed by atoms with Gasteiger partial charge in [0, 0.05) is 42.5 Å². The maximum Gasteiger partial charge on any atom is 0.407 e. The van der Waals surface area contributed by atoms with Crippen LogP contribution >= 0.6 is 46.4 Å². The minimum absolute atomic E-state index is 0.0231. The Labute approximate surface area is 245 Å². The number of amides is 3. The quantitative estimate of drug-likeness (QED) is 0.262. The first-order chi connectivity index (χ1) is 18.4. The summed E-state index contributed by atoms with van der Waals surface area (Å²) < 4.78 is 5.55. The molecular formula is C26H26Cl4N4O5. The maximum atomic E-state index is 13.1. The molecule has 208 valence electrons. The number of hydrogen-bond donors (Lipinski definition) is 2. The zero-order chi connectivity index (χ0) is 28.9. The number of likely N-dealkylation sites (N-methyl/N-ethyl adjacent to an activating group) is 1. The molecule has 0 fully saturated rings. The Morgan fingerprint density at radius 1 is 1.05 bits per heavy atom. The number of rotatable bonds is 10. The van der Waals surface area contributed by atoms with Crippen molar-refractivity contribution >= 4 is 70.0 Å². The molecule has 1 heterocycles. The highest BCUT2D eigenvalue weighted by Crippen LogP contribution is 2.36. The van der Waals surface area contributed by atoms with Gasteiger partial charge in [0.2, 0.25) is 5.91 Å². The molecule has 2 aromatic carbocycles. The molecule has 0 spiro atoms. The van der Waals surface area contributed by atoms with Crippen molar-refractivity contribution in [2.45, 2.75) is 24.7 Å². The van der Waals surface area contributed by atoms with E-state index in [9.17, 15) is 14.4 Å². The second-order valence-corrected chi connectivity index (χ2v) is 10.9. The Morgan fingerprint density at radius 3 is 2.28 bits per heavy atom. The molecular weight excluding hydrogens is 590 g/mol. The van der Waals surface area contributed by atoms with E-state index < -0.39 is 28.8 Å². The smallest absolute Gasteiger partial charge is 0.407 e. The number of nitrogens with one attached hydrogen (secondary N) is 1. The number of nitrogens with zero attached hydrogens (tertiary/aromatic N) is 3. The highest BCUT2D eigenvalue weighted by Gasteiger charge is 2.28. The van der Waals surface area contributed by atoms with E-state index in [-0.39, 0.29) is 19.0 Å². The monoisotopic (exact) mass is 614 g/mol. The SMILES string of the molecule is CC(C)C(CN(C(=O)C(Cl)Cl)c1cccc(-c2cc(-c3c(Cl)cccc3Cl)no2)c1)NC(=O)CN(C)C(=O)O. The van der Waals surface area contributed by atoms with Gasteiger partial charge in [0.15, 0.2) is 10.6 Å². The van der Waals surface area contributed by atoms with Crippen LogP contribution in [-0.2, 0) is 9.59 Å². The molecule has 9 nitrogen and oxygen atoms in total. The van der Waals surface area contributed by atoms with Crippen molar-refractivity contribution in [3.8, 4) is 22.6 Å². The van der Waals surface area contributed by atoms with Crippen molar-refractivity contribution in [1.29, 1.82) is 0 Å². The zero-order valence-electron chi connectivity index (χ0n) is 21.2. The van der Waals surface area contributed by atoms with Gasteiger partial charge in [0.25, 0.3) is 5.91 Å². The average Bonchev–Trinajstić information content (AvgIpc) is 3.35. The molecule has 13 heteroatoms. The molecule has 0 aliphatic rings. The van der Waals surface area contributed by atoms with Crippen LogP contribution in [0.5, 0.6) is 0 Å². The summed E-state index contributed by atoms with van der Waals surface area (Å²) in [6, 6.07) is 13.1. The lowest BCUT2D eigenvalue weighted by Gasteiger charge is -2.31. The van der Waals surface area contributed by atoms with Gasteiger partial charge >= 0.3 is 6.09 Å². The van der Waals surface area contributed by atoms with Crippen LogP contribution in [0.3, 0.4) is 0 Å². The van der Waals surface area contributed by atoms with E-state index in [0.29, 0.717) is 38.3 Å². The number of benzene rings is 2. The molecule has 0 bridgehead atoms. The van der Waals surface area contributed by atoms with E-state index >= 15 is 0 Å². The lowest BCUT2D eigenvalue weighted by atomic mass is 10.0. The minimum atomic E-state index is -1.37. The van der Waals surface area contributed by atoms with E-state index in [1.807, 2.05) is 13.8 Å². The predicted octanol–water partition coefficient (Wildman–Crippen LogP) is 6.20. The molecule has 1 aromatic heterocycles. The lowest BCUT2D eigenvalue weighted by Crippen LogP contribution is -2.51. The van der Waals surface area contributed by atoms with Crippen LogP contribution in [-0.4, -0.2) is 64.1 Å². The van der Waals surface area contributed by atoms with Crippen LogP contribution in [0.25, 0.3) is 22.6 Å². The molecule has 1 atom stereocenters. The number of carbonyl (C=O) groups excluding carboxylic acids is 2. The lowest BCUT2D eigenvalue weighted by molar-refractivity contribution is -0.123. The van der Waals surface area contributed by atoms with E-state index in [4.69, 9.17) is 56.0 Å². The summed E-state index contributed by atoms with van der Waals surface area (Å²) in [7, 11) is 1.29. The van der Waals surface area contributed by atoms with E-state index in [1.165, 1.54) is 11.9 Å². The Hall–Kier alpha value is -2.98. The van der Waals surface area contributed by atoms with Crippen LogP contribution in [0.15, 0.2) is 53.1 Å². The third-order valence-electron chi connectivity index (χ3n) is 5.86. The second kappa shape index (κ2) is 13.4. The number of carbonyl (C=O) groups is 3. The van der Waals surface area contributed by atoms with Crippen molar-refractivity contribution < 1.29 is 24.0 Å². The van der Waals surface area contributed by atoms with Crippen LogP contribution < -0.4 is 10.2 Å². The average molecular weight is 616 g/mol. The minimum Gasteiger partial charge on any atom is -0.465 e. The molecule has 0 saturated heterocycles. The number of halogens is 4. The van der Waals surface area contributed by atoms with Crippen molar-refractivity contribution in [1.82, 2.24) is 15.4 Å². The summed E-state index contributed by atoms with van der Waals surface area (Å²) in [5.41, 5.74) is 2.01. The van der Waals surface area contributed by atoms with Crippen LogP contribution in [0.2, 0.25) is 10.0 Å². The van der Waals surface area contributed by atoms with Gasteiger partial charge in [-0.3, -0.25) is 9.59 Å². The Morgan fingerprint density at radius 2 is 1.69 bits per heavy atom. The molecule has 0 aliphatic heterocycles. The third kappa shape index (κ3) is 7.79. The van der Waals surface area contributed by atoms with Gasteiger partial charge in [-0.1, -0.05) is 83.6 Å². The van der Waals surface area contributed by atoms with Gasteiger partial charge < -0.3 is 24.7 Å². The highest BCUT2D eigenvalue weighted by molar-refractivity contribution is 6.54. The molecule has 0 saturated carbocycles. The molecule has 3 aromatic rings. The fourth-order valence-corrected chi connectivity index (χ4v) is 4.52. The number of hydrogen-bond acceptors (Lipinski definition) is 5. The maximum absolute atomic E-state index is 13.1. The Balaban J connectivity index is 1.91. The Kier molecular flexibility index (Phi) is 10.5. The Bertz CT molecular complexity index is 1330. The van der Waals surface area contributed by atoms with E-state index in [2.05, 4.69) is 10.5 Å². The standard InChI is InChI=1S/C26H26Cl4N4O5/c1-14(2)20(31-22(35)13-33(3)26(37)38)12-34(25(36)24(29)30)16-7-4-6-15(10-16)21-11-19(32-39-21)23-17(27)8-5-9-18(23)28/h4-11,14,20,24H,12-13H2,1-3H3,(H,31,35)(H,37,38). The summed E-state index contributed by atoms with van der Waals surface area (Å²) in [5.74, 6) is -0.836. The number of anilines is 1. The largest absolute Gasteiger partial charge is 0.465 e. The van der Waals surface area contributed by atoms with Crippen LogP contribution in [0.1, 0.15) is 13.8 Å². The molecule has 3 rings (SSSR count). The zero-order valence-corrected chi connectivity index (χ0v) is 24.2. The van der Waals surface area contributed by atoms with Gasteiger partial charge in [0.05, 0.1) is 10.0 Å².